The van der Waals surface area contributed by atoms with Crippen LogP contribution in [0.5, 0.6) is 0 Å². The summed E-state index contributed by atoms with van der Waals surface area (Å²) < 4.78 is 25.8. The van der Waals surface area contributed by atoms with E-state index in [0.717, 1.165) is 17.7 Å². The second kappa shape index (κ2) is 4.86. The third kappa shape index (κ3) is 2.41. The van der Waals surface area contributed by atoms with Gasteiger partial charge in [-0.25, -0.2) is 8.78 Å². The molecule has 1 nitrogen and oxygen atoms in total. The molecule has 0 saturated carbocycles. The van der Waals surface area contributed by atoms with Crippen molar-refractivity contribution in [1.82, 2.24) is 0 Å². The van der Waals surface area contributed by atoms with Crippen molar-refractivity contribution in [3.05, 3.63) is 69.7 Å². The lowest BCUT2D eigenvalue weighted by molar-refractivity contribution is 0.103. The van der Waals surface area contributed by atoms with Crippen LogP contribution in [0.4, 0.5) is 8.78 Å². The van der Waals surface area contributed by atoms with E-state index in [1.54, 1.807) is 12.1 Å². The average molecular weight is 267 g/mol. The van der Waals surface area contributed by atoms with Crippen molar-refractivity contribution in [2.24, 2.45) is 0 Å². The van der Waals surface area contributed by atoms with Crippen molar-refractivity contribution in [3.8, 4) is 0 Å². The summed E-state index contributed by atoms with van der Waals surface area (Å²) in [5.74, 6) is -2.41. The zero-order chi connectivity index (χ0) is 13.3. The molecule has 0 spiro atoms. The molecule has 0 atom stereocenters. The van der Waals surface area contributed by atoms with Gasteiger partial charge in [0.2, 0.25) is 0 Å². The molecule has 0 aliphatic carbocycles. The first-order chi connectivity index (χ1) is 8.49. The molecule has 0 bridgehead atoms. The Hall–Kier alpha value is -1.74. The van der Waals surface area contributed by atoms with Crippen LogP contribution in [-0.4, -0.2) is 5.78 Å². The van der Waals surface area contributed by atoms with Gasteiger partial charge in [-0.05, 0) is 36.8 Å². The highest BCUT2D eigenvalue weighted by Crippen LogP contribution is 2.20. The molecule has 4 heteroatoms. The quantitative estimate of drug-likeness (QED) is 0.746. The van der Waals surface area contributed by atoms with E-state index in [2.05, 4.69) is 0 Å². The predicted octanol–water partition coefficient (Wildman–Crippen LogP) is 4.16. The monoisotopic (exact) mass is 266 g/mol. The number of hydrogen-bond acceptors (Lipinski definition) is 1. The first-order valence-corrected chi connectivity index (χ1v) is 5.63. The van der Waals surface area contributed by atoms with Gasteiger partial charge in [-0.2, -0.15) is 0 Å². The molecule has 0 aliphatic heterocycles. The second-order valence-corrected chi connectivity index (χ2v) is 4.33. The lowest BCUT2D eigenvalue weighted by Gasteiger charge is -2.04. The van der Waals surface area contributed by atoms with Gasteiger partial charge in [0.05, 0.1) is 0 Å². The molecule has 0 aliphatic rings. The van der Waals surface area contributed by atoms with E-state index in [1.807, 2.05) is 6.92 Å². The summed E-state index contributed by atoms with van der Waals surface area (Å²) in [7, 11) is 0. The molecule has 0 heterocycles. The Kier molecular flexibility index (Phi) is 3.43. The lowest BCUT2D eigenvalue weighted by Crippen LogP contribution is -2.02. The van der Waals surface area contributed by atoms with Gasteiger partial charge in [0.1, 0.15) is 0 Å². The molecular weight excluding hydrogens is 258 g/mol. The minimum absolute atomic E-state index is 0.0915. The van der Waals surface area contributed by atoms with E-state index in [9.17, 15) is 13.6 Å². The summed E-state index contributed by atoms with van der Waals surface area (Å²) in [5.41, 5.74) is 1.28. The van der Waals surface area contributed by atoms with Crippen LogP contribution in [0.15, 0.2) is 36.4 Å². The first-order valence-electron chi connectivity index (χ1n) is 5.25. The maximum atomic E-state index is 13.0. The molecule has 2 aromatic rings. The van der Waals surface area contributed by atoms with Gasteiger partial charge in [-0.3, -0.25) is 4.79 Å². The van der Waals surface area contributed by atoms with Crippen LogP contribution >= 0.6 is 11.6 Å². The Labute approximate surface area is 108 Å². The number of hydrogen-bond donors (Lipinski definition) is 0. The Morgan fingerprint density at radius 1 is 1.00 bits per heavy atom. The summed E-state index contributed by atoms with van der Waals surface area (Å²) in [6, 6.07) is 7.87. The number of aryl methyl sites for hydroxylation is 1. The maximum absolute atomic E-state index is 13.0. The zero-order valence-electron chi connectivity index (χ0n) is 9.51. The topological polar surface area (TPSA) is 17.1 Å². The van der Waals surface area contributed by atoms with Crippen molar-refractivity contribution >= 4 is 17.4 Å². The van der Waals surface area contributed by atoms with E-state index in [-0.39, 0.29) is 5.56 Å². The number of carbonyl (C=O) groups is 1. The highest BCUT2D eigenvalue weighted by molar-refractivity contribution is 6.31. The van der Waals surface area contributed by atoms with E-state index >= 15 is 0 Å². The van der Waals surface area contributed by atoms with Crippen LogP contribution in [0, 0.1) is 18.6 Å². The Balaban J connectivity index is 2.41. The van der Waals surface area contributed by atoms with Crippen molar-refractivity contribution in [1.29, 1.82) is 0 Å². The summed E-state index contributed by atoms with van der Waals surface area (Å²) in [4.78, 5) is 12.0. The smallest absolute Gasteiger partial charge is 0.193 e. The molecule has 0 amide bonds. The van der Waals surface area contributed by atoms with Crippen molar-refractivity contribution < 1.29 is 13.6 Å². The Bertz CT molecular complexity index is 570. The minimum atomic E-state index is -1.04. The van der Waals surface area contributed by atoms with Crippen molar-refractivity contribution in [2.75, 3.05) is 0 Å². The highest BCUT2D eigenvalue weighted by Gasteiger charge is 2.12. The van der Waals surface area contributed by atoms with Gasteiger partial charge in [-0.1, -0.05) is 23.7 Å². The maximum Gasteiger partial charge on any atom is 0.193 e. The number of rotatable bonds is 2. The number of ketones is 1. The van der Waals surface area contributed by atoms with Crippen LogP contribution < -0.4 is 0 Å². The fourth-order valence-electron chi connectivity index (χ4n) is 1.54. The molecule has 0 fully saturated rings. The van der Waals surface area contributed by atoms with Gasteiger partial charge in [0, 0.05) is 16.1 Å². The van der Waals surface area contributed by atoms with Crippen LogP contribution in [0.2, 0.25) is 5.02 Å². The Morgan fingerprint density at radius 3 is 2.22 bits per heavy atom. The molecule has 2 rings (SSSR count). The van der Waals surface area contributed by atoms with E-state index in [4.69, 9.17) is 11.6 Å². The van der Waals surface area contributed by atoms with Crippen LogP contribution in [0.3, 0.4) is 0 Å². The molecule has 18 heavy (non-hydrogen) atoms. The van der Waals surface area contributed by atoms with Gasteiger partial charge in [-0.15, -0.1) is 0 Å². The van der Waals surface area contributed by atoms with E-state index in [1.165, 1.54) is 12.1 Å². The fraction of sp³-hybridized carbons (Fsp3) is 0.0714. The number of benzene rings is 2. The minimum Gasteiger partial charge on any atom is -0.289 e. The highest BCUT2D eigenvalue weighted by atomic mass is 35.5. The largest absolute Gasteiger partial charge is 0.289 e. The predicted molar refractivity (Wildman–Crippen MR) is 66.0 cm³/mol. The molecule has 92 valence electrons. The summed E-state index contributed by atoms with van der Waals surface area (Å²) in [5, 5.41) is 0.462. The second-order valence-electron chi connectivity index (χ2n) is 3.92. The fourth-order valence-corrected chi connectivity index (χ4v) is 1.72. The molecule has 0 saturated heterocycles. The van der Waals surface area contributed by atoms with Gasteiger partial charge >= 0.3 is 0 Å². The lowest BCUT2D eigenvalue weighted by atomic mass is 10.0. The molecule has 2 aromatic carbocycles. The number of carbonyl (C=O) groups excluding carboxylic acids is 1. The SMILES string of the molecule is Cc1ccc(C(=O)c2ccc(F)c(F)c2)cc1Cl. The van der Waals surface area contributed by atoms with Crippen molar-refractivity contribution in [3.63, 3.8) is 0 Å². The zero-order valence-corrected chi connectivity index (χ0v) is 10.3. The molecule has 0 unspecified atom stereocenters. The molecule has 0 aromatic heterocycles. The van der Waals surface area contributed by atoms with Gasteiger partial charge in [0.15, 0.2) is 17.4 Å². The van der Waals surface area contributed by atoms with Crippen LogP contribution in [-0.2, 0) is 0 Å². The third-order valence-corrected chi connectivity index (χ3v) is 3.02. The molecule has 0 N–H and O–H groups in total. The average Bonchev–Trinajstić information content (AvgIpc) is 2.35. The molecular formula is C14H9ClF2O. The standard InChI is InChI=1S/C14H9ClF2O/c1-8-2-3-9(6-11(8)15)14(18)10-4-5-12(16)13(17)7-10/h2-7H,1H3. The van der Waals surface area contributed by atoms with E-state index < -0.39 is 17.4 Å². The summed E-state index contributed by atoms with van der Waals surface area (Å²) >= 11 is 5.92. The number of halogens is 3. The van der Waals surface area contributed by atoms with Crippen LogP contribution in [0.25, 0.3) is 0 Å². The van der Waals surface area contributed by atoms with Crippen LogP contribution in [0.1, 0.15) is 21.5 Å². The summed E-state index contributed by atoms with van der Waals surface area (Å²) in [6.45, 7) is 1.81. The van der Waals surface area contributed by atoms with Gasteiger partial charge in [0.25, 0.3) is 0 Å². The first kappa shape index (κ1) is 12.7. The Morgan fingerprint density at radius 2 is 1.61 bits per heavy atom. The van der Waals surface area contributed by atoms with Gasteiger partial charge < -0.3 is 0 Å². The van der Waals surface area contributed by atoms with E-state index in [0.29, 0.717) is 10.6 Å². The normalized spacial score (nSPS) is 10.4. The third-order valence-electron chi connectivity index (χ3n) is 2.62. The summed E-state index contributed by atoms with van der Waals surface area (Å²) in [6.07, 6.45) is 0. The van der Waals surface area contributed by atoms with Crippen molar-refractivity contribution in [2.45, 2.75) is 6.92 Å². The molecule has 0 radical (unpaired) electrons.